The number of hydrogen-bond acceptors (Lipinski definition) is 4. The van der Waals surface area contributed by atoms with Crippen molar-refractivity contribution in [2.45, 2.75) is 39.9 Å². The van der Waals surface area contributed by atoms with Crippen molar-refractivity contribution in [1.29, 1.82) is 5.26 Å². The molecule has 0 spiro atoms. The number of aryl methyl sites for hydroxylation is 2. The minimum atomic E-state index is -4.98. The van der Waals surface area contributed by atoms with Gasteiger partial charge in [-0.15, -0.1) is 0 Å². The predicted octanol–water partition coefficient (Wildman–Crippen LogP) is 7.24. The van der Waals surface area contributed by atoms with Crippen LogP contribution in [0.25, 0.3) is 11.3 Å². The first-order valence-corrected chi connectivity index (χ1v) is 12.0. The monoisotopic (exact) mass is 557 g/mol. The maximum absolute atomic E-state index is 14.3. The van der Waals surface area contributed by atoms with Crippen LogP contribution in [0.4, 0.5) is 26.3 Å². The normalized spacial score (nSPS) is 11.4. The van der Waals surface area contributed by atoms with Gasteiger partial charge in [-0.1, -0.05) is 30.7 Å². The summed E-state index contributed by atoms with van der Waals surface area (Å²) < 4.78 is 90.2. The van der Waals surface area contributed by atoms with E-state index in [-0.39, 0.29) is 30.0 Å². The fourth-order valence-corrected chi connectivity index (χ4v) is 4.26. The van der Waals surface area contributed by atoms with Crippen molar-refractivity contribution in [1.82, 2.24) is 9.55 Å². The Labute approximate surface area is 224 Å². The number of ether oxygens (including phenoxy) is 1. The molecule has 0 N–H and O–H groups in total. The summed E-state index contributed by atoms with van der Waals surface area (Å²) in [5.41, 5.74) is -1.70. The van der Waals surface area contributed by atoms with Gasteiger partial charge in [0.1, 0.15) is 17.4 Å². The van der Waals surface area contributed by atoms with Crippen LogP contribution in [0, 0.1) is 42.8 Å². The summed E-state index contributed by atoms with van der Waals surface area (Å²) in [5.74, 6) is -5.24. The van der Waals surface area contributed by atoms with Crippen molar-refractivity contribution in [2.24, 2.45) is 0 Å². The van der Waals surface area contributed by atoms with Crippen molar-refractivity contribution < 1.29 is 31.1 Å². The molecule has 0 aliphatic rings. The quantitative estimate of drug-likeness (QED) is 0.185. The van der Waals surface area contributed by atoms with E-state index in [0.717, 1.165) is 21.8 Å². The van der Waals surface area contributed by atoms with E-state index in [1.54, 1.807) is 19.1 Å². The summed E-state index contributed by atoms with van der Waals surface area (Å²) >= 11 is 0. The number of hydrogen-bond donors (Lipinski definition) is 0. The van der Waals surface area contributed by atoms with E-state index >= 15 is 0 Å². The molecule has 4 rings (SSSR count). The molecule has 40 heavy (non-hydrogen) atoms. The zero-order valence-corrected chi connectivity index (χ0v) is 21.5. The lowest BCUT2D eigenvalue weighted by atomic mass is 10.0. The molecular weight excluding hydrogens is 536 g/mol. The van der Waals surface area contributed by atoms with Gasteiger partial charge in [0.15, 0.2) is 5.82 Å². The number of nitrogens with zero attached hydrogens (tertiary/aromatic N) is 3. The highest BCUT2D eigenvalue weighted by Gasteiger charge is 2.36. The van der Waals surface area contributed by atoms with Gasteiger partial charge in [0.25, 0.3) is 11.4 Å². The van der Waals surface area contributed by atoms with Gasteiger partial charge in [0, 0.05) is 5.56 Å². The molecule has 11 heteroatoms. The summed E-state index contributed by atoms with van der Waals surface area (Å²) in [7, 11) is 0. The second-order valence-corrected chi connectivity index (χ2v) is 9.04. The lowest BCUT2D eigenvalue weighted by molar-refractivity contribution is -0.137. The van der Waals surface area contributed by atoms with E-state index in [9.17, 15) is 36.4 Å². The van der Waals surface area contributed by atoms with Gasteiger partial charge in [0.05, 0.1) is 17.8 Å². The first-order valence-electron chi connectivity index (χ1n) is 12.0. The topological polar surface area (TPSA) is 67.9 Å². The van der Waals surface area contributed by atoms with Gasteiger partial charge in [-0.05, 0) is 67.3 Å². The standard InChI is InChI=1S/C29H21F6N3O2/c1-4-20-24(30)25(31)27(37-26(20)32)40-19-9-7-17(8-10-19)23-12-22(29(33,34)35)21(13-36)28(39)38(23)14-18-6-5-15(2)11-16(18)3/h5-12H,4,14H2,1-3H3. The maximum atomic E-state index is 14.3. The predicted molar refractivity (Wildman–Crippen MR) is 134 cm³/mol. The number of nitriles is 1. The summed E-state index contributed by atoms with van der Waals surface area (Å²) in [6.45, 7) is 4.96. The number of benzene rings is 2. The van der Waals surface area contributed by atoms with E-state index in [2.05, 4.69) is 4.98 Å². The van der Waals surface area contributed by atoms with Crippen LogP contribution in [0.2, 0.25) is 0 Å². The van der Waals surface area contributed by atoms with Crippen LogP contribution >= 0.6 is 0 Å². The first kappa shape index (κ1) is 28.4. The molecule has 4 aromatic rings. The zero-order chi connectivity index (χ0) is 29.4. The van der Waals surface area contributed by atoms with Crippen molar-refractivity contribution in [3.8, 4) is 29.0 Å². The molecule has 0 saturated heterocycles. The lowest BCUT2D eigenvalue weighted by Crippen LogP contribution is -2.29. The third-order valence-electron chi connectivity index (χ3n) is 6.36. The molecule has 0 unspecified atom stereocenters. The summed E-state index contributed by atoms with van der Waals surface area (Å²) in [6.07, 6.45) is -5.12. The summed E-state index contributed by atoms with van der Waals surface area (Å²) in [4.78, 5) is 16.5. The molecule has 0 aliphatic carbocycles. The van der Waals surface area contributed by atoms with Gasteiger partial charge in [-0.3, -0.25) is 4.79 Å². The van der Waals surface area contributed by atoms with E-state index in [1.807, 2.05) is 13.0 Å². The number of rotatable bonds is 6. The van der Waals surface area contributed by atoms with Crippen LogP contribution in [-0.4, -0.2) is 9.55 Å². The van der Waals surface area contributed by atoms with Gasteiger partial charge in [-0.2, -0.15) is 32.2 Å². The smallest absolute Gasteiger partial charge is 0.417 e. The van der Waals surface area contributed by atoms with Crippen molar-refractivity contribution in [3.63, 3.8) is 0 Å². The Morgan fingerprint density at radius 1 is 1.00 bits per heavy atom. The van der Waals surface area contributed by atoms with Crippen LogP contribution < -0.4 is 10.3 Å². The number of alkyl halides is 3. The van der Waals surface area contributed by atoms with E-state index in [4.69, 9.17) is 4.74 Å². The fraction of sp³-hybridized carbons (Fsp3) is 0.207. The minimum Gasteiger partial charge on any atom is -0.436 e. The Kier molecular flexibility index (Phi) is 7.73. The molecule has 0 bridgehead atoms. The first-order chi connectivity index (χ1) is 18.8. The molecule has 2 aromatic carbocycles. The molecule has 0 fully saturated rings. The third kappa shape index (κ3) is 5.43. The molecule has 0 atom stereocenters. The van der Waals surface area contributed by atoms with Gasteiger partial charge < -0.3 is 9.30 Å². The average molecular weight is 557 g/mol. The van der Waals surface area contributed by atoms with Crippen LogP contribution in [0.3, 0.4) is 0 Å². The summed E-state index contributed by atoms with van der Waals surface area (Å²) in [5, 5.41) is 9.41. The second-order valence-electron chi connectivity index (χ2n) is 9.04. The number of pyridine rings is 2. The van der Waals surface area contributed by atoms with Crippen LogP contribution in [0.5, 0.6) is 11.6 Å². The molecular formula is C29H21F6N3O2. The Bertz CT molecular complexity index is 1700. The second kappa shape index (κ2) is 10.9. The van der Waals surface area contributed by atoms with E-state index in [0.29, 0.717) is 5.56 Å². The van der Waals surface area contributed by atoms with E-state index < -0.39 is 51.9 Å². The Hall–Kier alpha value is -4.59. The average Bonchev–Trinajstić information content (AvgIpc) is 2.89. The SMILES string of the molecule is CCc1c(F)nc(Oc2ccc(-c3cc(C(F)(F)F)c(C#N)c(=O)n3Cc3ccc(C)cc3C)cc2)c(F)c1F. The molecule has 0 saturated carbocycles. The highest BCUT2D eigenvalue weighted by molar-refractivity contribution is 5.64. The van der Waals surface area contributed by atoms with Gasteiger partial charge >= 0.3 is 6.18 Å². The van der Waals surface area contributed by atoms with Gasteiger partial charge in [-0.25, -0.2) is 4.39 Å². The lowest BCUT2D eigenvalue weighted by Gasteiger charge is -2.19. The van der Waals surface area contributed by atoms with Crippen molar-refractivity contribution in [3.05, 3.63) is 110 Å². The van der Waals surface area contributed by atoms with Gasteiger partial charge in [0.2, 0.25) is 11.8 Å². The van der Waals surface area contributed by atoms with Crippen LogP contribution in [0.15, 0.2) is 53.3 Å². The highest BCUT2D eigenvalue weighted by Crippen LogP contribution is 2.35. The third-order valence-corrected chi connectivity index (χ3v) is 6.36. The van der Waals surface area contributed by atoms with Crippen LogP contribution in [-0.2, 0) is 19.1 Å². The molecule has 2 aromatic heterocycles. The minimum absolute atomic E-state index is 0.119. The highest BCUT2D eigenvalue weighted by atomic mass is 19.4. The number of aromatic nitrogens is 2. The zero-order valence-electron chi connectivity index (χ0n) is 21.5. The Balaban J connectivity index is 1.82. The summed E-state index contributed by atoms with van der Waals surface area (Å²) in [6, 6.07) is 12.5. The maximum Gasteiger partial charge on any atom is 0.417 e. The molecule has 206 valence electrons. The Morgan fingerprint density at radius 3 is 2.25 bits per heavy atom. The largest absolute Gasteiger partial charge is 0.436 e. The molecule has 0 amide bonds. The van der Waals surface area contributed by atoms with Crippen LogP contribution in [0.1, 0.15) is 40.3 Å². The van der Waals surface area contributed by atoms with Crippen molar-refractivity contribution >= 4 is 0 Å². The number of halogens is 6. The van der Waals surface area contributed by atoms with Crippen molar-refractivity contribution in [2.75, 3.05) is 0 Å². The molecule has 2 heterocycles. The molecule has 5 nitrogen and oxygen atoms in total. The molecule has 0 aliphatic heterocycles. The molecule has 0 radical (unpaired) electrons. The van der Waals surface area contributed by atoms with E-state index in [1.165, 1.54) is 37.3 Å². The Morgan fingerprint density at radius 2 is 1.68 bits per heavy atom. The fourth-order valence-electron chi connectivity index (χ4n) is 4.26.